The average molecular weight is 564 g/mol. The molecule has 0 saturated carbocycles. The maximum Gasteiger partial charge on any atom is 0.337 e. The van der Waals surface area contributed by atoms with Crippen LogP contribution in [0.3, 0.4) is 0 Å². The highest BCUT2D eigenvalue weighted by atomic mass is 19.1. The van der Waals surface area contributed by atoms with Gasteiger partial charge in [-0.1, -0.05) is 30.3 Å². The van der Waals surface area contributed by atoms with Crippen molar-refractivity contribution in [2.75, 3.05) is 46.4 Å². The first-order chi connectivity index (χ1) is 19.5. The number of alkyl halides is 1. The second-order valence-corrected chi connectivity index (χ2v) is 13.0. The number of piperidine rings is 2. The summed E-state index contributed by atoms with van der Waals surface area (Å²) >= 11 is 0. The molecule has 2 saturated heterocycles. The molecular formula is C34H46FN3O3. The maximum atomic E-state index is 15.7. The van der Waals surface area contributed by atoms with Gasteiger partial charge in [0.2, 0.25) is 0 Å². The number of halogens is 1. The van der Waals surface area contributed by atoms with E-state index in [1.165, 1.54) is 34.8 Å². The zero-order valence-electron chi connectivity index (χ0n) is 25.2. The summed E-state index contributed by atoms with van der Waals surface area (Å²) in [5.74, 6) is 0.252. The topological polar surface area (TPSA) is 57.9 Å². The minimum Gasteiger partial charge on any atom is -0.465 e. The highest BCUT2D eigenvalue weighted by Gasteiger charge is 2.38. The van der Waals surface area contributed by atoms with Gasteiger partial charge in [0.25, 0.3) is 0 Å². The molecule has 7 heteroatoms. The molecule has 0 radical (unpaired) electrons. The lowest BCUT2D eigenvalue weighted by Crippen LogP contribution is -2.52. The number of β-amino-alcohol motifs (C(OH)–C–C–N with tert-alkyl or cyclic N) is 1. The number of likely N-dealkylation sites (tertiary alicyclic amines) is 2. The molecule has 1 aromatic heterocycles. The molecule has 0 atom stereocenters. The molecule has 41 heavy (non-hydrogen) atoms. The van der Waals surface area contributed by atoms with Crippen molar-refractivity contribution in [3.05, 3.63) is 70.9 Å². The van der Waals surface area contributed by atoms with Crippen LogP contribution in [0.5, 0.6) is 0 Å². The minimum absolute atomic E-state index is 0.315. The van der Waals surface area contributed by atoms with E-state index in [2.05, 4.69) is 45.6 Å². The van der Waals surface area contributed by atoms with Gasteiger partial charge in [-0.05, 0) is 101 Å². The largest absolute Gasteiger partial charge is 0.465 e. The number of esters is 1. The minimum atomic E-state index is -1.12. The highest BCUT2D eigenvalue weighted by Crippen LogP contribution is 2.33. The second-order valence-electron chi connectivity index (χ2n) is 13.0. The van der Waals surface area contributed by atoms with Gasteiger partial charge in [0.15, 0.2) is 0 Å². The van der Waals surface area contributed by atoms with Crippen molar-refractivity contribution in [3.63, 3.8) is 0 Å². The fraction of sp³-hybridized carbons (Fsp3) is 0.559. The van der Waals surface area contributed by atoms with Crippen LogP contribution in [-0.4, -0.2) is 83.1 Å². The fourth-order valence-corrected chi connectivity index (χ4v) is 6.85. The van der Waals surface area contributed by atoms with Gasteiger partial charge in [0.1, 0.15) is 5.67 Å². The van der Waals surface area contributed by atoms with Gasteiger partial charge in [0, 0.05) is 49.3 Å². The van der Waals surface area contributed by atoms with Crippen molar-refractivity contribution in [3.8, 4) is 0 Å². The zero-order valence-corrected chi connectivity index (χ0v) is 25.2. The molecule has 0 unspecified atom stereocenters. The third-order valence-corrected chi connectivity index (χ3v) is 9.14. The third-order valence-electron chi connectivity index (χ3n) is 9.14. The van der Waals surface area contributed by atoms with Crippen molar-refractivity contribution in [2.45, 2.75) is 70.7 Å². The number of hydrogen-bond donors (Lipinski definition) is 1. The number of nitrogens with zero attached hydrogens (tertiary/aromatic N) is 3. The Morgan fingerprint density at radius 1 is 1.02 bits per heavy atom. The molecule has 6 nitrogen and oxygen atoms in total. The number of aromatic nitrogens is 1. The van der Waals surface area contributed by atoms with Gasteiger partial charge in [-0.25, -0.2) is 9.18 Å². The van der Waals surface area contributed by atoms with Crippen LogP contribution in [-0.2, 0) is 17.7 Å². The summed E-state index contributed by atoms with van der Waals surface area (Å²) in [5, 5.41) is 11.4. The second kappa shape index (κ2) is 12.2. The molecular weight excluding hydrogens is 517 g/mol. The number of fused-ring (bicyclic) bond motifs is 1. The molecule has 3 aromatic rings. The van der Waals surface area contributed by atoms with Crippen molar-refractivity contribution in [1.82, 2.24) is 14.4 Å². The lowest BCUT2D eigenvalue weighted by atomic mass is 9.90. The summed E-state index contributed by atoms with van der Waals surface area (Å²) in [4.78, 5) is 16.4. The van der Waals surface area contributed by atoms with E-state index in [1.807, 2.05) is 38.1 Å². The van der Waals surface area contributed by atoms with E-state index >= 15 is 4.39 Å². The Kier molecular flexibility index (Phi) is 8.88. The Balaban J connectivity index is 1.20. The van der Waals surface area contributed by atoms with E-state index in [1.54, 1.807) is 0 Å². The molecule has 2 aliphatic heterocycles. The van der Waals surface area contributed by atoms with Crippen molar-refractivity contribution in [2.24, 2.45) is 5.92 Å². The lowest BCUT2D eigenvalue weighted by molar-refractivity contribution is -0.0168. The van der Waals surface area contributed by atoms with E-state index in [4.69, 9.17) is 4.74 Å². The van der Waals surface area contributed by atoms with Crippen LogP contribution in [0.15, 0.2) is 48.5 Å². The molecule has 2 aliphatic rings. The monoisotopic (exact) mass is 563 g/mol. The van der Waals surface area contributed by atoms with Gasteiger partial charge in [-0.2, -0.15) is 0 Å². The van der Waals surface area contributed by atoms with Crippen molar-refractivity contribution >= 4 is 16.9 Å². The van der Waals surface area contributed by atoms with E-state index in [0.29, 0.717) is 50.5 Å². The molecule has 222 valence electrons. The van der Waals surface area contributed by atoms with Crippen LogP contribution in [0, 0.1) is 12.8 Å². The normalized spacial score (nSPS) is 19.1. The number of aliphatic hydroxyl groups is 1. The van der Waals surface area contributed by atoms with E-state index < -0.39 is 11.3 Å². The SMILES string of the molecule is COC(=O)c1ccc(Cc2c(C)n(CC3CCN(CC4(F)CCN(CC(C)(C)O)CC4)CC3)c3ccccc23)cc1. The number of hydrogen-bond acceptors (Lipinski definition) is 5. The van der Waals surface area contributed by atoms with Gasteiger partial charge in [-0.3, -0.25) is 0 Å². The number of benzene rings is 2. The molecule has 2 fully saturated rings. The number of carbonyl (C=O) groups is 1. The molecule has 0 amide bonds. The van der Waals surface area contributed by atoms with Crippen LogP contribution < -0.4 is 0 Å². The summed E-state index contributed by atoms with van der Waals surface area (Å²) in [6.07, 6.45) is 4.07. The molecule has 1 N–H and O–H groups in total. The van der Waals surface area contributed by atoms with Crippen LogP contribution in [0.1, 0.15) is 66.7 Å². The number of rotatable bonds is 9. The Morgan fingerprint density at radius 2 is 1.68 bits per heavy atom. The number of para-hydroxylation sites is 1. The summed E-state index contributed by atoms with van der Waals surface area (Å²) in [6.45, 7) is 11.3. The van der Waals surface area contributed by atoms with Crippen LogP contribution in [0.25, 0.3) is 10.9 Å². The van der Waals surface area contributed by atoms with E-state index in [9.17, 15) is 9.90 Å². The molecule has 2 aromatic carbocycles. The maximum absolute atomic E-state index is 15.7. The first-order valence-electron chi connectivity index (χ1n) is 15.1. The zero-order chi connectivity index (χ0) is 29.2. The standard InChI is InChI=1S/C34H46FN3O3/c1-25-30(21-26-9-11-28(12-10-26)32(39)41-4)29-7-5-6-8-31(29)38(25)22-27-13-17-36(18-14-27)24-34(35)15-19-37(20-16-34)23-33(2,3)40/h5-12,27,40H,13-24H2,1-4H3. The molecule has 0 spiro atoms. The lowest BCUT2D eigenvalue weighted by Gasteiger charge is -2.42. The van der Waals surface area contributed by atoms with Crippen LogP contribution in [0.4, 0.5) is 4.39 Å². The summed E-state index contributed by atoms with van der Waals surface area (Å²) in [6, 6.07) is 16.4. The summed E-state index contributed by atoms with van der Waals surface area (Å²) in [7, 11) is 1.40. The van der Waals surface area contributed by atoms with Crippen molar-refractivity contribution in [1.29, 1.82) is 0 Å². The number of methoxy groups -OCH3 is 1. The Bertz CT molecular complexity index is 1330. The van der Waals surface area contributed by atoms with Crippen LogP contribution in [0.2, 0.25) is 0 Å². The molecule has 0 aliphatic carbocycles. The van der Waals surface area contributed by atoms with Gasteiger partial charge in [-0.15, -0.1) is 0 Å². The summed E-state index contributed by atoms with van der Waals surface area (Å²) < 4.78 is 23.1. The highest BCUT2D eigenvalue weighted by molar-refractivity contribution is 5.89. The van der Waals surface area contributed by atoms with Gasteiger partial charge in [0.05, 0.1) is 18.3 Å². The first kappa shape index (κ1) is 29.7. The Hall–Kier alpha value is -2.74. The number of carbonyl (C=O) groups excluding carboxylic acids is 1. The van der Waals surface area contributed by atoms with E-state index in [-0.39, 0.29) is 5.97 Å². The number of ether oxygens (including phenoxy) is 1. The first-order valence-corrected chi connectivity index (χ1v) is 15.1. The molecule has 5 rings (SSSR count). The van der Waals surface area contributed by atoms with Crippen molar-refractivity contribution < 1.29 is 19.0 Å². The van der Waals surface area contributed by atoms with Gasteiger partial charge < -0.3 is 24.2 Å². The third kappa shape index (κ3) is 7.19. The summed E-state index contributed by atoms with van der Waals surface area (Å²) in [5.41, 5.74) is 3.78. The fourth-order valence-electron chi connectivity index (χ4n) is 6.85. The predicted octanol–water partition coefficient (Wildman–Crippen LogP) is 5.61. The Labute approximate surface area is 244 Å². The molecule has 3 heterocycles. The predicted molar refractivity (Wildman–Crippen MR) is 162 cm³/mol. The molecule has 0 bridgehead atoms. The average Bonchev–Trinajstić information content (AvgIpc) is 3.20. The Morgan fingerprint density at radius 3 is 2.32 bits per heavy atom. The quantitative estimate of drug-likeness (QED) is 0.343. The smallest absolute Gasteiger partial charge is 0.337 e. The van der Waals surface area contributed by atoms with E-state index in [0.717, 1.165) is 38.9 Å². The van der Waals surface area contributed by atoms with Gasteiger partial charge >= 0.3 is 5.97 Å². The van der Waals surface area contributed by atoms with Crippen LogP contribution >= 0.6 is 0 Å².